The van der Waals surface area contributed by atoms with Crippen LogP contribution in [0.4, 0.5) is 17.1 Å². The summed E-state index contributed by atoms with van der Waals surface area (Å²) in [6, 6.07) is 61.9. The molecule has 51 heavy (non-hydrogen) atoms. The average molecular weight is 653 g/mol. The van der Waals surface area contributed by atoms with E-state index in [0.29, 0.717) is 0 Å². The Morgan fingerprint density at radius 2 is 1.18 bits per heavy atom. The third kappa shape index (κ3) is 4.57. The summed E-state index contributed by atoms with van der Waals surface area (Å²) in [5.74, 6) is 0. The molecule has 10 rings (SSSR count). The molecule has 8 aromatic carbocycles. The Labute approximate surface area is 298 Å². The predicted molar refractivity (Wildman–Crippen MR) is 217 cm³/mol. The van der Waals surface area contributed by atoms with Crippen LogP contribution in [-0.2, 0) is 5.41 Å². The van der Waals surface area contributed by atoms with Crippen LogP contribution in [0.3, 0.4) is 0 Å². The monoisotopic (exact) mass is 652 g/mol. The second-order valence-corrected chi connectivity index (χ2v) is 14.2. The minimum atomic E-state index is -0.0610. The number of para-hydroxylation sites is 2. The molecule has 0 spiro atoms. The first kappa shape index (κ1) is 29.5. The lowest BCUT2D eigenvalue weighted by Gasteiger charge is -2.28. The SMILES string of the molecule is CC1(C)c2ccccc2-c2ccc(N(c3ccccc3)c3ccc(/C=C/c4ccc5c6c4ccc4cccc(c46)n5-c4ccccc4)cc3)cc21. The van der Waals surface area contributed by atoms with Gasteiger partial charge in [-0.15, -0.1) is 0 Å². The summed E-state index contributed by atoms with van der Waals surface area (Å²) in [6.07, 6.45) is 4.51. The van der Waals surface area contributed by atoms with Gasteiger partial charge in [0.05, 0.1) is 11.0 Å². The highest BCUT2D eigenvalue weighted by molar-refractivity contribution is 6.25. The highest BCUT2D eigenvalue weighted by Crippen LogP contribution is 2.50. The first-order valence-corrected chi connectivity index (χ1v) is 17.8. The van der Waals surface area contributed by atoms with Gasteiger partial charge in [0, 0.05) is 38.9 Å². The van der Waals surface area contributed by atoms with E-state index in [0.717, 1.165) is 22.6 Å². The van der Waals surface area contributed by atoms with Gasteiger partial charge in [-0.05, 0) is 105 Å². The smallest absolute Gasteiger partial charge is 0.0547 e. The van der Waals surface area contributed by atoms with Crippen molar-refractivity contribution in [3.05, 3.63) is 192 Å². The molecular weight excluding hydrogens is 617 g/mol. The quantitative estimate of drug-likeness (QED) is 0.128. The van der Waals surface area contributed by atoms with Gasteiger partial charge in [0.2, 0.25) is 0 Å². The molecule has 0 aliphatic heterocycles. The van der Waals surface area contributed by atoms with Gasteiger partial charge in [0.15, 0.2) is 0 Å². The minimum absolute atomic E-state index is 0.0610. The lowest BCUT2D eigenvalue weighted by atomic mass is 9.82. The Morgan fingerprint density at radius 3 is 2.00 bits per heavy atom. The zero-order chi connectivity index (χ0) is 34.1. The van der Waals surface area contributed by atoms with Crippen LogP contribution in [0.5, 0.6) is 0 Å². The number of hydrogen-bond acceptors (Lipinski definition) is 1. The van der Waals surface area contributed by atoms with Gasteiger partial charge in [0.25, 0.3) is 0 Å². The summed E-state index contributed by atoms with van der Waals surface area (Å²) in [7, 11) is 0. The van der Waals surface area contributed by atoms with E-state index in [4.69, 9.17) is 0 Å². The fourth-order valence-electron chi connectivity index (χ4n) is 8.49. The van der Waals surface area contributed by atoms with Gasteiger partial charge < -0.3 is 9.47 Å². The molecule has 2 nitrogen and oxygen atoms in total. The molecule has 242 valence electrons. The molecule has 1 aromatic heterocycles. The third-order valence-electron chi connectivity index (χ3n) is 11.0. The summed E-state index contributed by atoms with van der Waals surface area (Å²) in [6.45, 7) is 4.69. The number of hydrogen-bond donors (Lipinski definition) is 0. The average Bonchev–Trinajstić information content (AvgIpc) is 3.64. The lowest BCUT2D eigenvalue weighted by Crippen LogP contribution is -2.16. The number of benzene rings is 8. The standard InChI is InChI=1S/C49H36N2/c1-49(2)43-18-10-9-17-41(43)42-30-28-39(32-44(42)49)50(36-13-5-3-6-14-36)38-26-21-33(22-27-38)20-23-34-25-31-46-48-40(34)29-24-35-12-11-19-45(47(35)48)51(46)37-15-7-4-8-16-37/h3-32H,1-2H3/b23-20+. The molecule has 0 unspecified atom stereocenters. The van der Waals surface area contributed by atoms with Gasteiger partial charge in [-0.2, -0.15) is 0 Å². The van der Waals surface area contributed by atoms with Gasteiger partial charge in [-0.3, -0.25) is 0 Å². The van der Waals surface area contributed by atoms with Crippen LogP contribution < -0.4 is 4.90 Å². The maximum atomic E-state index is 2.40. The van der Waals surface area contributed by atoms with Crippen molar-refractivity contribution in [3.8, 4) is 16.8 Å². The topological polar surface area (TPSA) is 8.17 Å². The third-order valence-corrected chi connectivity index (χ3v) is 11.0. The highest BCUT2D eigenvalue weighted by Gasteiger charge is 2.35. The van der Waals surface area contributed by atoms with Crippen molar-refractivity contribution >= 4 is 61.8 Å². The fraction of sp³-hybridized carbons (Fsp3) is 0.0612. The van der Waals surface area contributed by atoms with Crippen LogP contribution in [0, 0.1) is 0 Å². The molecule has 0 N–H and O–H groups in total. The Bertz CT molecular complexity index is 2750. The van der Waals surface area contributed by atoms with Crippen molar-refractivity contribution in [1.29, 1.82) is 0 Å². The van der Waals surface area contributed by atoms with Crippen molar-refractivity contribution in [1.82, 2.24) is 4.57 Å². The van der Waals surface area contributed by atoms with Gasteiger partial charge in [-0.25, -0.2) is 0 Å². The molecule has 0 saturated carbocycles. The number of rotatable bonds is 6. The molecule has 9 aromatic rings. The molecule has 0 atom stereocenters. The van der Waals surface area contributed by atoms with E-state index in [2.05, 4.69) is 205 Å². The van der Waals surface area contributed by atoms with Crippen LogP contribution in [0.1, 0.15) is 36.1 Å². The highest BCUT2D eigenvalue weighted by atomic mass is 15.1. The van der Waals surface area contributed by atoms with Crippen LogP contribution >= 0.6 is 0 Å². The first-order chi connectivity index (χ1) is 25.1. The van der Waals surface area contributed by atoms with Crippen molar-refractivity contribution in [3.63, 3.8) is 0 Å². The fourth-order valence-corrected chi connectivity index (χ4v) is 8.49. The molecule has 0 amide bonds. The molecule has 0 bridgehead atoms. The summed E-state index contributed by atoms with van der Waals surface area (Å²) in [5.41, 5.74) is 14.9. The second kappa shape index (κ2) is 11.3. The Morgan fingerprint density at radius 1 is 0.490 bits per heavy atom. The molecule has 0 saturated heterocycles. The van der Waals surface area contributed by atoms with E-state index < -0.39 is 0 Å². The van der Waals surface area contributed by atoms with Gasteiger partial charge >= 0.3 is 0 Å². The van der Waals surface area contributed by atoms with Crippen molar-refractivity contribution in [2.75, 3.05) is 4.90 Å². The molecular formula is C49H36N2. The van der Waals surface area contributed by atoms with Crippen LogP contribution in [0.2, 0.25) is 0 Å². The zero-order valence-corrected chi connectivity index (χ0v) is 28.7. The Kier molecular flexibility index (Phi) is 6.56. The first-order valence-electron chi connectivity index (χ1n) is 17.8. The van der Waals surface area contributed by atoms with Crippen molar-refractivity contribution < 1.29 is 0 Å². The maximum Gasteiger partial charge on any atom is 0.0547 e. The molecule has 1 heterocycles. The van der Waals surface area contributed by atoms with Crippen LogP contribution in [0.15, 0.2) is 170 Å². The second-order valence-electron chi connectivity index (χ2n) is 14.2. The van der Waals surface area contributed by atoms with Crippen molar-refractivity contribution in [2.45, 2.75) is 19.3 Å². The summed E-state index contributed by atoms with van der Waals surface area (Å²) in [5, 5.41) is 5.20. The van der Waals surface area contributed by atoms with Gasteiger partial charge in [0.1, 0.15) is 0 Å². The predicted octanol–water partition coefficient (Wildman–Crippen LogP) is 13.3. The van der Waals surface area contributed by atoms with E-state index in [1.807, 2.05) is 0 Å². The normalized spacial score (nSPS) is 13.4. The Hall–Kier alpha value is -6.38. The van der Waals surface area contributed by atoms with Crippen molar-refractivity contribution in [2.24, 2.45) is 0 Å². The van der Waals surface area contributed by atoms with E-state index in [-0.39, 0.29) is 5.41 Å². The Balaban J connectivity index is 1.02. The summed E-state index contributed by atoms with van der Waals surface area (Å²) >= 11 is 0. The zero-order valence-electron chi connectivity index (χ0n) is 28.7. The minimum Gasteiger partial charge on any atom is -0.310 e. The lowest BCUT2D eigenvalue weighted by molar-refractivity contribution is 0.660. The summed E-state index contributed by atoms with van der Waals surface area (Å²) in [4.78, 5) is 2.37. The summed E-state index contributed by atoms with van der Waals surface area (Å²) < 4.78 is 2.40. The van der Waals surface area contributed by atoms with E-state index >= 15 is 0 Å². The molecule has 2 heteroatoms. The largest absolute Gasteiger partial charge is 0.310 e. The molecule has 1 aliphatic carbocycles. The number of fused-ring (bicyclic) bond motifs is 3. The van der Waals surface area contributed by atoms with E-state index in [1.165, 1.54) is 66.1 Å². The molecule has 0 fully saturated rings. The maximum absolute atomic E-state index is 2.40. The van der Waals surface area contributed by atoms with Crippen LogP contribution in [0.25, 0.3) is 61.5 Å². The van der Waals surface area contributed by atoms with E-state index in [9.17, 15) is 0 Å². The number of aromatic nitrogens is 1. The number of anilines is 3. The van der Waals surface area contributed by atoms with Gasteiger partial charge in [-0.1, -0.05) is 135 Å². The number of nitrogens with zero attached hydrogens (tertiary/aromatic N) is 2. The van der Waals surface area contributed by atoms with Crippen LogP contribution in [-0.4, -0.2) is 4.57 Å². The molecule has 0 radical (unpaired) electrons. The van der Waals surface area contributed by atoms with E-state index in [1.54, 1.807) is 0 Å². The molecule has 1 aliphatic rings.